The number of anilines is 2. The Labute approximate surface area is 405 Å². The molecule has 6 heterocycles. The lowest BCUT2D eigenvalue weighted by Gasteiger charge is -2.35. The summed E-state index contributed by atoms with van der Waals surface area (Å²) in [5, 5.41) is 12.5. The molecule has 4 N–H and O–H groups in total. The highest BCUT2D eigenvalue weighted by atomic mass is 19.1. The Bertz CT molecular complexity index is 2910. The summed E-state index contributed by atoms with van der Waals surface area (Å²) in [4.78, 5) is 75.4. The summed E-state index contributed by atoms with van der Waals surface area (Å²) in [6.07, 6.45) is 4.22. The summed E-state index contributed by atoms with van der Waals surface area (Å²) in [5.41, 5.74) is 5.51. The molecule has 0 spiro atoms. The van der Waals surface area contributed by atoms with Crippen LogP contribution in [0.25, 0.3) is 33.6 Å². The van der Waals surface area contributed by atoms with Crippen molar-refractivity contribution in [1.82, 2.24) is 39.6 Å². The number of carbonyl (C=O) groups is 4. The van der Waals surface area contributed by atoms with E-state index >= 15 is 8.78 Å². The number of methoxy groups -OCH3 is 1. The van der Waals surface area contributed by atoms with Crippen LogP contribution in [-0.2, 0) is 9.53 Å². The first kappa shape index (κ1) is 48.1. The molecule has 3 fully saturated rings. The van der Waals surface area contributed by atoms with Crippen molar-refractivity contribution in [2.24, 2.45) is 17.8 Å². The van der Waals surface area contributed by atoms with Gasteiger partial charge >= 0.3 is 12.2 Å². The van der Waals surface area contributed by atoms with Gasteiger partial charge in [0.15, 0.2) is 17.5 Å². The van der Waals surface area contributed by atoms with Crippen molar-refractivity contribution in [2.45, 2.75) is 103 Å². The van der Waals surface area contributed by atoms with Crippen molar-refractivity contribution >= 4 is 57.4 Å². The van der Waals surface area contributed by atoms with Crippen molar-refractivity contribution in [3.05, 3.63) is 95.4 Å². The second kappa shape index (κ2) is 19.4. The first-order valence-corrected chi connectivity index (χ1v) is 24.4. The summed E-state index contributed by atoms with van der Waals surface area (Å²) in [6.45, 7) is 11.2. The second-order valence-corrected chi connectivity index (χ2v) is 19.9. The Morgan fingerprint density at radius 3 is 2.03 bits per heavy atom. The van der Waals surface area contributed by atoms with Crippen LogP contribution >= 0.6 is 0 Å². The van der Waals surface area contributed by atoms with Crippen molar-refractivity contribution in [1.29, 1.82) is 0 Å². The number of amides is 3. The fraction of sp³-hybridized carbons (Fsp3) is 0.462. The molecule has 3 aliphatic heterocycles. The predicted molar refractivity (Wildman–Crippen MR) is 263 cm³/mol. The summed E-state index contributed by atoms with van der Waals surface area (Å²) in [7, 11) is 2.66. The maximum Gasteiger partial charge on any atom is 0.407 e. The molecule has 16 nitrogen and oxygen atoms in total. The second-order valence-electron chi connectivity index (χ2n) is 19.9. The van der Waals surface area contributed by atoms with Gasteiger partial charge in [-0.25, -0.2) is 28.3 Å². The van der Waals surface area contributed by atoms with E-state index in [1.807, 2.05) is 55.1 Å². The number of nitrogens with one attached hydrogen (secondary N) is 3. The van der Waals surface area contributed by atoms with E-state index in [1.54, 1.807) is 37.1 Å². The van der Waals surface area contributed by atoms with Crippen LogP contribution in [0.3, 0.4) is 0 Å². The quantitative estimate of drug-likeness (QED) is 0.0921. The number of aromatic amines is 2. The number of halogens is 2. The van der Waals surface area contributed by atoms with Gasteiger partial charge in [-0.05, 0) is 116 Å². The van der Waals surface area contributed by atoms with Crippen LogP contribution in [0.5, 0.6) is 0 Å². The van der Waals surface area contributed by atoms with E-state index < -0.39 is 41.8 Å². The Morgan fingerprint density at radius 1 is 0.800 bits per heavy atom. The Balaban J connectivity index is 1.06. The molecule has 3 saturated heterocycles. The standard InChI is InChI=1S/C52H62F2N10O6/c1-28(2)44(59-51(67)70-7)49(65)62-20-8-10-42(62)47-55-36-14-12-31(24-38(36)57-47)40-16-17-41(64(40)33-26-34(53)46(35(54)27-33)61-22-18-30(5)19-23-61)32-13-15-37-39(25-32)58-48(56-37)43-11-9-21-63(43)50(66)45(29(3)4)60(6)52(68)69/h9,11-15,21,24-30,40-42,44-45H,8,10,16-20,22-23H2,1-7H3,(H,55,57)(H,56,58)(H,59,67)(H,68,69)/t40-,41-,42+,44+,45+/m1/s1. The van der Waals surface area contributed by atoms with Gasteiger partial charge in [-0.2, -0.15) is 0 Å². The Hall–Kier alpha value is -6.98. The molecule has 0 unspecified atom stereocenters. The number of hydrogen-bond acceptors (Lipinski definition) is 9. The van der Waals surface area contributed by atoms with Crippen molar-refractivity contribution in [2.75, 3.05) is 43.6 Å². The molecule has 18 heteroatoms. The summed E-state index contributed by atoms with van der Waals surface area (Å²) in [6, 6.07) is 15.6. The van der Waals surface area contributed by atoms with Gasteiger partial charge in [0.25, 0.3) is 5.91 Å². The highest BCUT2D eigenvalue weighted by Gasteiger charge is 2.40. The Morgan fingerprint density at radius 2 is 1.43 bits per heavy atom. The van der Waals surface area contributed by atoms with Crippen molar-refractivity contribution < 1.29 is 37.8 Å². The van der Waals surface area contributed by atoms with E-state index in [1.165, 1.54) is 30.9 Å². The first-order chi connectivity index (χ1) is 33.5. The van der Waals surface area contributed by atoms with Gasteiger partial charge in [-0.3, -0.25) is 19.1 Å². The zero-order chi connectivity index (χ0) is 49.7. The lowest BCUT2D eigenvalue weighted by atomic mass is 9.98. The molecule has 5 atom stereocenters. The third kappa shape index (κ3) is 9.03. The molecule has 0 radical (unpaired) electrons. The number of carboxylic acid groups (broad SMARTS) is 1. The maximum absolute atomic E-state index is 16.5. The van der Waals surface area contributed by atoms with E-state index in [-0.39, 0.29) is 41.6 Å². The largest absolute Gasteiger partial charge is 0.465 e. The third-order valence-electron chi connectivity index (χ3n) is 14.7. The normalized spacial score (nSPS) is 19.7. The van der Waals surface area contributed by atoms with Gasteiger partial charge in [0.1, 0.15) is 23.6 Å². The number of likely N-dealkylation sites (tertiary alicyclic amines) is 1. The van der Waals surface area contributed by atoms with Crippen molar-refractivity contribution in [3.8, 4) is 11.5 Å². The number of alkyl carbamates (subject to hydrolysis) is 1. The number of benzene rings is 3. The first-order valence-electron chi connectivity index (χ1n) is 24.4. The zero-order valence-corrected chi connectivity index (χ0v) is 40.7. The van der Waals surface area contributed by atoms with Crippen LogP contribution in [0.15, 0.2) is 66.9 Å². The number of carbonyl (C=O) groups excluding carboxylic acids is 3. The third-order valence-corrected chi connectivity index (χ3v) is 14.7. The number of aromatic nitrogens is 5. The molecular formula is C52H62F2N10O6. The molecular weight excluding hydrogens is 899 g/mol. The molecule has 70 heavy (non-hydrogen) atoms. The minimum absolute atomic E-state index is 0.00134. The van der Waals surface area contributed by atoms with Gasteiger partial charge in [0.2, 0.25) is 5.91 Å². The predicted octanol–water partition coefficient (Wildman–Crippen LogP) is 9.82. The lowest BCUT2D eigenvalue weighted by Crippen LogP contribution is -2.51. The molecule has 3 aliphatic rings. The average Bonchev–Trinajstić information content (AvgIpc) is 4.19. The topological polar surface area (TPSA) is 185 Å². The highest BCUT2D eigenvalue weighted by Crippen LogP contribution is 2.49. The fourth-order valence-electron chi connectivity index (χ4n) is 10.9. The Kier molecular flexibility index (Phi) is 13.3. The van der Waals surface area contributed by atoms with E-state index in [2.05, 4.69) is 27.1 Å². The van der Waals surface area contributed by atoms with Crippen LogP contribution in [-0.4, -0.2) is 109 Å². The van der Waals surface area contributed by atoms with E-state index in [9.17, 15) is 24.3 Å². The van der Waals surface area contributed by atoms with Gasteiger partial charge in [-0.15, -0.1) is 0 Å². The highest BCUT2D eigenvalue weighted by molar-refractivity contribution is 5.91. The molecule has 370 valence electrons. The number of imidazole rings is 2. The maximum atomic E-state index is 16.5. The summed E-state index contributed by atoms with van der Waals surface area (Å²) in [5.74, 6) is -0.748. The fourth-order valence-corrected chi connectivity index (χ4v) is 10.9. The molecule has 3 aromatic carbocycles. The van der Waals surface area contributed by atoms with Crippen molar-refractivity contribution in [3.63, 3.8) is 0 Å². The number of ether oxygens (including phenoxy) is 1. The molecule has 6 aromatic rings. The van der Waals surface area contributed by atoms with Crippen LogP contribution < -0.4 is 15.1 Å². The number of H-pyrrole nitrogens is 2. The van der Waals surface area contributed by atoms with Crippen LogP contribution in [0.4, 0.5) is 29.7 Å². The summed E-state index contributed by atoms with van der Waals surface area (Å²) >= 11 is 0. The van der Waals surface area contributed by atoms with Gasteiger partial charge in [0.05, 0.1) is 53.0 Å². The van der Waals surface area contributed by atoms with Crippen LogP contribution in [0.2, 0.25) is 0 Å². The smallest absolute Gasteiger partial charge is 0.407 e. The van der Waals surface area contributed by atoms with E-state index in [4.69, 9.17) is 14.7 Å². The number of hydrogen-bond donors (Lipinski definition) is 4. The molecule has 0 aliphatic carbocycles. The monoisotopic (exact) mass is 960 g/mol. The number of likely N-dealkylation sites (N-methyl/N-ethyl adjacent to an activating group) is 1. The molecule has 3 aromatic heterocycles. The SMILES string of the molecule is COC(=O)N[C@H](C(=O)N1CCC[C@H]1c1nc2ccc([C@H]3CC[C@H](c4ccc5nc(-c6cccn6C(=O)[C@H](C(C)C)N(C)C(=O)O)[nH]c5c4)N3c3cc(F)c(N4CCC(C)CC4)c(F)c3)cc2[nH]1)C(C)C. The number of rotatable bonds is 12. The van der Waals surface area contributed by atoms with Crippen LogP contribution in [0, 0.1) is 29.4 Å². The molecule has 9 rings (SSSR count). The number of fused-ring (bicyclic) bond motifs is 2. The van der Waals surface area contributed by atoms with E-state index in [0.29, 0.717) is 84.4 Å². The minimum atomic E-state index is -1.21. The number of nitrogens with zero attached hydrogens (tertiary/aromatic N) is 7. The average molecular weight is 961 g/mol. The summed E-state index contributed by atoms with van der Waals surface area (Å²) < 4.78 is 39.2. The number of piperidine rings is 1. The molecule has 3 amide bonds. The minimum Gasteiger partial charge on any atom is -0.465 e. The van der Waals surface area contributed by atoms with Gasteiger partial charge in [-0.1, -0.05) is 46.8 Å². The zero-order valence-electron chi connectivity index (χ0n) is 40.7. The van der Waals surface area contributed by atoms with Gasteiger partial charge < -0.3 is 39.8 Å². The lowest BCUT2D eigenvalue weighted by molar-refractivity contribution is -0.135. The molecule has 0 saturated carbocycles. The molecule has 0 bridgehead atoms. The van der Waals surface area contributed by atoms with Crippen LogP contribution in [0.1, 0.15) is 113 Å². The van der Waals surface area contributed by atoms with Gasteiger partial charge in [0, 0.05) is 38.6 Å². The van der Waals surface area contributed by atoms with E-state index in [0.717, 1.165) is 40.8 Å².